The van der Waals surface area contributed by atoms with Crippen molar-refractivity contribution in [2.24, 2.45) is 13.0 Å². The van der Waals surface area contributed by atoms with Crippen LogP contribution in [0.25, 0.3) is 22.3 Å². The Morgan fingerprint density at radius 2 is 2.02 bits per heavy atom. The fourth-order valence-corrected chi connectivity index (χ4v) is 6.87. The first-order valence-electron chi connectivity index (χ1n) is 15.3. The van der Waals surface area contributed by atoms with Crippen LogP contribution >= 0.6 is 0 Å². The SMILES string of the molecule is C[C@@H](CCNC(=O)OCCc1nc(-c2nn(C3CCCCO3)c3ccc(O[Si](C)(C)C(C)(C)C)cc23)cn1C)CS(=O)(=O)O. The van der Waals surface area contributed by atoms with Gasteiger partial charge < -0.3 is 23.8 Å². The Kier molecular flexibility index (Phi) is 10.5. The van der Waals surface area contributed by atoms with Crippen molar-refractivity contribution in [3.8, 4) is 17.1 Å². The molecule has 1 aliphatic heterocycles. The minimum atomic E-state index is -4.04. The summed E-state index contributed by atoms with van der Waals surface area (Å²) in [5, 5.41) is 8.64. The molecule has 1 aromatic carbocycles. The van der Waals surface area contributed by atoms with Gasteiger partial charge in [0.25, 0.3) is 10.1 Å². The third-order valence-corrected chi connectivity index (χ3v) is 13.8. The highest BCUT2D eigenvalue weighted by Gasteiger charge is 2.39. The molecular formula is C30H47N5O7SSi. The number of benzene rings is 1. The summed E-state index contributed by atoms with van der Waals surface area (Å²) in [5.41, 5.74) is 2.42. The molecular weight excluding hydrogens is 603 g/mol. The van der Waals surface area contributed by atoms with Gasteiger partial charge in [0.1, 0.15) is 29.6 Å². The lowest BCUT2D eigenvalue weighted by Crippen LogP contribution is -2.43. The van der Waals surface area contributed by atoms with Gasteiger partial charge in [0, 0.05) is 38.2 Å². The average molecular weight is 650 g/mol. The van der Waals surface area contributed by atoms with Crippen molar-refractivity contribution in [3.63, 3.8) is 0 Å². The highest BCUT2D eigenvalue weighted by atomic mass is 32.2. The van der Waals surface area contributed by atoms with Crippen LogP contribution in [0.3, 0.4) is 0 Å². The third-order valence-electron chi connectivity index (χ3n) is 8.46. The third kappa shape index (κ3) is 8.61. The Balaban J connectivity index is 1.49. The lowest BCUT2D eigenvalue weighted by atomic mass is 10.1. The first-order chi connectivity index (χ1) is 20.5. The first-order valence-corrected chi connectivity index (χ1v) is 19.8. The van der Waals surface area contributed by atoms with Crippen LogP contribution in [0.4, 0.5) is 4.79 Å². The van der Waals surface area contributed by atoms with E-state index in [-0.39, 0.29) is 36.1 Å². The second-order valence-corrected chi connectivity index (χ2v) is 19.5. The molecule has 1 saturated heterocycles. The van der Waals surface area contributed by atoms with Gasteiger partial charge in [-0.2, -0.15) is 13.5 Å². The molecule has 1 fully saturated rings. The zero-order valence-corrected chi connectivity index (χ0v) is 28.7. The molecule has 0 saturated carbocycles. The minimum Gasteiger partial charge on any atom is -0.543 e. The summed E-state index contributed by atoms with van der Waals surface area (Å²) in [6, 6.07) is 6.15. The van der Waals surface area contributed by atoms with Gasteiger partial charge in [-0.15, -0.1) is 0 Å². The Morgan fingerprint density at radius 1 is 1.27 bits per heavy atom. The molecule has 0 spiro atoms. The van der Waals surface area contributed by atoms with Gasteiger partial charge in [-0.05, 0) is 67.9 Å². The molecule has 244 valence electrons. The maximum atomic E-state index is 12.1. The van der Waals surface area contributed by atoms with E-state index < -0.39 is 24.5 Å². The lowest BCUT2D eigenvalue weighted by Gasteiger charge is -2.36. The number of hydrogen-bond donors (Lipinski definition) is 2. The van der Waals surface area contributed by atoms with Crippen LogP contribution in [0.2, 0.25) is 18.1 Å². The smallest absolute Gasteiger partial charge is 0.407 e. The zero-order chi connectivity index (χ0) is 32.3. The largest absolute Gasteiger partial charge is 0.543 e. The number of aryl methyl sites for hydroxylation is 1. The van der Waals surface area contributed by atoms with Crippen LogP contribution in [0.15, 0.2) is 24.4 Å². The zero-order valence-electron chi connectivity index (χ0n) is 26.9. The van der Waals surface area contributed by atoms with Crippen LogP contribution in [-0.2, 0) is 33.1 Å². The van der Waals surface area contributed by atoms with E-state index in [2.05, 4.69) is 51.3 Å². The van der Waals surface area contributed by atoms with E-state index in [0.717, 1.165) is 47.4 Å². The maximum absolute atomic E-state index is 12.1. The molecule has 12 nitrogen and oxygen atoms in total. The molecule has 1 aliphatic rings. The molecule has 3 heterocycles. The van der Waals surface area contributed by atoms with Gasteiger partial charge in [-0.25, -0.2) is 14.5 Å². The van der Waals surface area contributed by atoms with Crippen molar-refractivity contribution in [1.29, 1.82) is 0 Å². The summed E-state index contributed by atoms with van der Waals surface area (Å²) < 4.78 is 52.9. The number of nitrogens with zero attached hydrogens (tertiary/aromatic N) is 4. The van der Waals surface area contributed by atoms with Crippen LogP contribution in [0, 0.1) is 5.92 Å². The van der Waals surface area contributed by atoms with Crippen LogP contribution in [-0.4, -0.2) is 72.2 Å². The summed E-state index contributed by atoms with van der Waals surface area (Å²) in [6.45, 7) is 13.9. The van der Waals surface area contributed by atoms with E-state index in [1.807, 2.05) is 28.6 Å². The van der Waals surface area contributed by atoms with Gasteiger partial charge in [-0.3, -0.25) is 4.55 Å². The van der Waals surface area contributed by atoms with Crippen molar-refractivity contribution in [2.75, 3.05) is 25.5 Å². The number of aromatic nitrogens is 4. The molecule has 14 heteroatoms. The number of hydrogen-bond acceptors (Lipinski definition) is 8. The molecule has 2 aromatic heterocycles. The van der Waals surface area contributed by atoms with Crippen molar-refractivity contribution in [2.45, 2.75) is 84.2 Å². The Hall–Kier alpha value is -2.94. The number of carbonyl (C=O) groups excluding carboxylic acids is 1. The molecule has 44 heavy (non-hydrogen) atoms. The van der Waals surface area contributed by atoms with E-state index in [1.54, 1.807) is 6.92 Å². The monoisotopic (exact) mass is 649 g/mol. The molecule has 2 N–H and O–H groups in total. The van der Waals surface area contributed by atoms with Crippen molar-refractivity contribution in [3.05, 3.63) is 30.2 Å². The highest BCUT2D eigenvalue weighted by molar-refractivity contribution is 7.85. The Bertz CT molecular complexity index is 1560. The Morgan fingerprint density at radius 3 is 2.68 bits per heavy atom. The number of ether oxygens (including phenoxy) is 2. The predicted octanol–water partition coefficient (Wildman–Crippen LogP) is 5.70. The van der Waals surface area contributed by atoms with Crippen molar-refractivity contribution >= 4 is 35.4 Å². The molecule has 0 bridgehead atoms. The minimum absolute atomic E-state index is 0.0568. The molecule has 1 unspecified atom stereocenters. The van der Waals surface area contributed by atoms with Crippen LogP contribution < -0.4 is 9.74 Å². The molecule has 4 rings (SSSR count). The summed E-state index contributed by atoms with van der Waals surface area (Å²) in [7, 11) is -4.20. The highest BCUT2D eigenvalue weighted by Crippen LogP contribution is 2.39. The molecule has 3 aromatic rings. The quantitative estimate of drug-likeness (QED) is 0.186. The molecule has 0 aliphatic carbocycles. The van der Waals surface area contributed by atoms with E-state index in [0.29, 0.717) is 25.1 Å². The van der Waals surface area contributed by atoms with E-state index in [9.17, 15) is 13.2 Å². The maximum Gasteiger partial charge on any atom is 0.407 e. The summed E-state index contributed by atoms with van der Waals surface area (Å²) in [6.07, 6.45) is 5.01. The number of carbonyl (C=O) groups is 1. The topological polar surface area (TPSA) is 147 Å². The number of imidazole rings is 1. The second-order valence-electron chi connectivity index (χ2n) is 13.3. The first kappa shape index (κ1) is 33.9. The number of fused-ring (bicyclic) bond motifs is 1. The van der Waals surface area contributed by atoms with Gasteiger partial charge in [0.2, 0.25) is 8.32 Å². The normalized spacial score (nSPS) is 17.0. The predicted molar refractivity (Wildman–Crippen MR) is 172 cm³/mol. The fraction of sp³-hybridized carbons (Fsp3) is 0.633. The second kappa shape index (κ2) is 13.6. The van der Waals surface area contributed by atoms with E-state index in [4.69, 9.17) is 28.5 Å². The molecule has 0 radical (unpaired) electrons. The molecule has 2 atom stereocenters. The van der Waals surface area contributed by atoms with Gasteiger partial charge >= 0.3 is 6.09 Å². The van der Waals surface area contributed by atoms with Gasteiger partial charge in [-0.1, -0.05) is 27.7 Å². The number of nitrogens with one attached hydrogen (secondary N) is 1. The van der Waals surface area contributed by atoms with E-state index >= 15 is 0 Å². The fourth-order valence-electron chi connectivity index (χ4n) is 4.96. The number of alkyl carbamates (subject to hydrolysis) is 1. The van der Waals surface area contributed by atoms with Crippen molar-refractivity contribution in [1.82, 2.24) is 24.6 Å². The number of rotatable bonds is 12. The van der Waals surface area contributed by atoms with Crippen molar-refractivity contribution < 1.29 is 31.7 Å². The van der Waals surface area contributed by atoms with Crippen LogP contribution in [0.1, 0.15) is 65.4 Å². The standard InChI is InChI=1S/C30H47N5O7SSi/c1-21(20-43(37,38)39)13-15-31-29(36)41-17-14-26-32-24(19-34(26)5)28-23-18-22(42-44(6,7)30(2,3)4)11-12-25(23)35(33-28)27-10-8-9-16-40-27/h11-12,18-19,21,27H,8-10,13-17,20H2,1-7H3,(H,31,36)(H,37,38,39)/t21-,27?/m0/s1. The van der Waals surface area contributed by atoms with Crippen LogP contribution in [0.5, 0.6) is 5.75 Å². The van der Waals surface area contributed by atoms with Gasteiger partial charge in [0.05, 0.1) is 11.3 Å². The molecule has 1 amide bonds. The summed E-state index contributed by atoms with van der Waals surface area (Å²) >= 11 is 0. The Labute approximate surface area is 261 Å². The lowest BCUT2D eigenvalue weighted by molar-refractivity contribution is -0.0365. The summed E-state index contributed by atoms with van der Waals surface area (Å²) in [4.78, 5) is 17.0. The van der Waals surface area contributed by atoms with E-state index in [1.165, 1.54) is 0 Å². The van der Waals surface area contributed by atoms with Gasteiger partial charge in [0.15, 0.2) is 6.23 Å². The average Bonchev–Trinajstić information content (AvgIpc) is 3.47. The summed E-state index contributed by atoms with van der Waals surface area (Å²) in [5.74, 6) is 0.907. The number of amides is 1.